The summed E-state index contributed by atoms with van der Waals surface area (Å²) in [5, 5.41) is 4.44. The number of ether oxygens (including phenoxy) is 1. The summed E-state index contributed by atoms with van der Waals surface area (Å²) in [5.74, 6) is -0.416. The Balaban J connectivity index is 1.85. The van der Waals surface area contributed by atoms with E-state index in [1.54, 1.807) is 30.3 Å². The van der Waals surface area contributed by atoms with Crippen molar-refractivity contribution in [1.82, 2.24) is 5.43 Å². The summed E-state index contributed by atoms with van der Waals surface area (Å²) in [7, 11) is -2.75. The molecule has 0 saturated carbocycles. The average molecular weight is 493 g/mol. The van der Waals surface area contributed by atoms with E-state index in [1.807, 2.05) is 6.92 Å². The normalized spacial score (nSPS) is 11.4. The molecule has 0 aliphatic rings. The second-order valence-corrected chi connectivity index (χ2v) is 8.92. The number of benzene rings is 3. The van der Waals surface area contributed by atoms with Crippen LogP contribution in [0.2, 0.25) is 10.0 Å². The minimum Gasteiger partial charge on any atom is -0.493 e. The molecule has 3 aromatic carbocycles. The minimum atomic E-state index is -4.13. The first-order valence-electron chi connectivity index (χ1n) is 9.18. The van der Waals surface area contributed by atoms with Crippen molar-refractivity contribution in [3.8, 4) is 11.5 Å². The average Bonchev–Trinajstić information content (AvgIpc) is 2.76. The molecule has 0 unspecified atom stereocenters. The predicted octanol–water partition coefficient (Wildman–Crippen LogP) is 4.84. The molecule has 3 rings (SSSR count). The highest BCUT2D eigenvalue weighted by Crippen LogP contribution is 2.32. The summed E-state index contributed by atoms with van der Waals surface area (Å²) in [6.45, 7) is 1.85. The third kappa shape index (κ3) is 5.59. The molecule has 32 heavy (non-hydrogen) atoms. The van der Waals surface area contributed by atoms with E-state index >= 15 is 0 Å². The number of halogens is 2. The topological polar surface area (TPSA) is 94.1 Å². The second kappa shape index (κ2) is 10.0. The van der Waals surface area contributed by atoms with Gasteiger partial charge in [0.1, 0.15) is 4.90 Å². The van der Waals surface area contributed by atoms with Gasteiger partial charge in [-0.15, -0.1) is 0 Å². The van der Waals surface area contributed by atoms with Crippen LogP contribution in [0.15, 0.2) is 70.7 Å². The lowest BCUT2D eigenvalue weighted by atomic mass is 10.2. The molecule has 0 atom stereocenters. The molecule has 166 valence electrons. The SMILES string of the molecule is COc1cccc(/C=N\NC(=O)c2ccc(Cl)c(Cl)c2)c1OS(=O)(=O)c1ccc(C)cc1. The van der Waals surface area contributed by atoms with E-state index in [0.29, 0.717) is 5.02 Å². The Bertz CT molecular complexity index is 1280. The number of nitrogens with one attached hydrogen (secondary N) is 1. The van der Waals surface area contributed by atoms with E-state index in [9.17, 15) is 13.2 Å². The van der Waals surface area contributed by atoms with Crippen LogP contribution in [0.5, 0.6) is 11.5 Å². The van der Waals surface area contributed by atoms with Gasteiger partial charge in [0, 0.05) is 11.1 Å². The molecular formula is C22H18Cl2N2O5S. The van der Waals surface area contributed by atoms with Crippen molar-refractivity contribution in [3.05, 3.63) is 87.4 Å². The van der Waals surface area contributed by atoms with Gasteiger partial charge in [0.25, 0.3) is 5.91 Å². The molecule has 1 N–H and O–H groups in total. The van der Waals surface area contributed by atoms with Gasteiger partial charge in [-0.2, -0.15) is 13.5 Å². The summed E-state index contributed by atoms with van der Waals surface area (Å²) in [5.41, 5.74) is 3.77. The number of para-hydroxylation sites is 1. The molecule has 0 fully saturated rings. The van der Waals surface area contributed by atoms with Crippen LogP contribution >= 0.6 is 23.2 Å². The zero-order chi connectivity index (χ0) is 23.3. The Morgan fingerprint density at radius 1 is 1.03 bits per heavy atom. The molecule has 3 aromatic rings. The van der Waals surface area contributed by atoms with Gasteiger partial charge in [0.2, 0.25) is 0 Å². The lowest BCUT2D eigenvalue weighted by Gasteiger charge is -2.13. The number of carbonyl (C=O) groups excluding carboxylic acids is 1. The van der Waals surface area contributed by atoms with Gasteiger partial charge in [-0.3, -0.25) is 4.79 Å². The Labute approximate surface area is 195 Å². The van der Waals surface area contributed by atoms with Gasteiger partial charge in [0.15, 0.2) is 11.5 Å². The molecule has 0 radical (unpaired) electrons. The zero-order valence-electron chi connectivity index (χ0n) is 17.0. The van der Waals surface area contributed by atoms with Crippen molar-refractivity contribution in [1.29, 1.82) is 0 Å². The van der Waals surface area contributed by atoms with Crippen molar-refractivity contribution >= 4 is 45.4 Å². The molecule has 0 spiro atoms. The molecule has 0 aromatic heterocycles. The van der Waals surface area contributed by atoms with Crippen LogP contribution in [0.4, 0.5) is 0 Å². The van der Waals surface area contributed by atoms with Gasteiger partial charge in [0.05, 0.1) is 23.4 Å². The van der Waals surface area contributed by atoms with Crippen molar-refractivity contribution in [2.24, 2.45) is 5.10 Å². The largest absolute Gasteiger partial charge is 0.493 e. The number of nitrogens with zero attached hydrogens (tertiary/aromatic N) is 1. The van der Waals surface area contributed by atoms with Gasteiger partial charge >= 0.3 is 10.1 Å². The molecule has 0 saturated heterocycles. The van der Waals surface area contributed by atoms with Crippen LogP contribution in [-0.2, 0) is 10.1 Å². The Morgan fingerprint density at radius 3 is 2.41 bits per heavy atom. The Kier molecular flexibility index (Phi) is 7.40. The number of amides is 1. The first kappa shape index (κ1) is 23.6. The Morgan fingerprint density at radius 2 is 1.75 bits per heavy atom. The molecular weight excluding hydrogens is 475 g/mol. The molecule has 10 heteroatoms. The van der Waals surface area contributed by atoms with Crippen LogP contribution in [0.3, 0.4) is 0 Å². The maximum atomic E-state index is 12.7. The lowest BCUT2D eigenvalue weighted by Crippen LogP contribution is -2.17. The number of rotatable bonds is 7. The highest BCUT2D eigenvalue weighted by molar-refractivity contribution is 7.87. The number of hydrogen-bond donors (Lipinski definition) is 1. The first-order valence-corrected chi connectivity index (χ1v) is 11.3. The highest BCUT2D eigenvalue weighted by Gasteiger charge is 2.21. The van der Waals surface area contributed by atoms with Crippen molar-refractivity contribution < 1.29 is 22.1 Å². The fourth-order valence-electron chi connectivity index (χ4n) is 2.61. The van der Waals surface area contributed by atoms with Crippen molar-refractivity contribution in [2.45, 2.75) is 11.8 Å². The fourth-order valence-corrected chi connectivity index (χ4v) is 3.87. The summed E-state index contributed by atoms with van der Waals surface area (Å²) in [6.07, 6.45) is 1.25. The van der Waals surface area contributed by atoms with E-state index in [2.05, 4.69) is 10.5 Å². The Hall–Kier alpha value is -3.07. The molecule has 0 heterocycles. The number of aryl methyl sites for hydroxylation is 1. The number of methoxy groups -OCH3 is 1. The van der Waals surface area contributed by atoms with Gasteiger partial charge in [-0.1, -0.05) is 47.0 Å². The fraction of sp³-hybridized carbons (Fsp3) is 0.0909. The third-order valence-electron chi connectivity index (χ3n) is 4.28. The molecule has 0 aliphatic carbocycles. The van der Waals surface area contributed by atoms with E-state index in [0.717, 1.165) is 5.56 Å². The maximum Gasteiger partial charge on any atom is 0.339 e. The molecule has 0 bridgehead atoms. The number of hydrazone groups is 1. The molecule has 0 aliphatic heterocycles. The summed E-state index contributed by atoms with van der Waals surface area (Å²) >= 11 is 11.8. The van der Waals surface area contributed by atoms with Crippen LogP contribution in [0, 0.1) is 6.92 Å². The maximum absolute atomic E-state index is 12.7. The van der Waals surface area contributed by atoms with E-state index in [4.69, 9.17) is 32.1 Å². The zero-order valence-corrected chi connectivity index (χ0v) is 19.3. The van der Waals surface area contributed by atoms with Gasteiger partial charge < -0.3 is 8.92 Å². The van der Waals surface area contributed by atoms with Crippen LogP contribution < -0.4 is 14.3 Å². The van der Waals surface area contributed by atoms with Crippen LogP contribution in [-0.4, -0.2) is 27.6 Å². The second-order valence-electron chi connectivity index (χ2n) is 6.56. The van der Waals surface area contributed by atoms with E-state index in [1.165, 1.54) is 43.7 Å². The summed E-state index contributed by atoms with van der Waals surface area (Å²) < 4.78 is 36.1. The number of hydrogen-bond acceptors (Lipinski definition) is 6. The lowest BCUT2D eigenvalue weighted by molar-refractivity contribution is 0.0955. The highest BCUT2D eigenvalue weighted by atomic mass is 35.5. The number of carbonyl (C=O) groups is 1. The van der Waals surface area contributed by atoms with Gasteiger partial charge in [-0.05, 0) is 49.4 Å². The van der Waals surface area contributed by atoms with E-state index < -0.39 is 16.0 Å². The third-order valence-corrected chi connectivity index (χ3v) is 6.26. The van der Waals surface area contributed by atoms with Crippen LogP contribution in [0.25, 0.3) is 0 Å². The summed E-state index contributed by atoms with van der Waals surface area (Å²) in [4.78, 5) is 12.3. The molecule has 7 nitrogen and oxygen atoms in total. The smallest absolute Gasteiger partial charge is 0.339 e. The van der Waals surface area contributed by atoms with E-state index in [-0.39, 0.29) is 32.5 Å². The van der Waals surface area contributed by atoms with Gasteiger partial charge in [-0.25, -0.2) is 5.43 Å². The monoisotopic (exact) mass is 492 g/mol. The van der Waals surface area contributed by atoms with Crippen molar-refractivity contribution in [2.75, 3.05) is 7.11 Å². The standard InChI is InChI=1S/C22H18Cl2N2O5S/c1-14-6-9-17(10-7-14)32(28,29)31-21-16(4-3-5-20(21)30-2)13-25-26-22(27)15-8-11-18(23)19(24)12-15/h3-13H,1-2H3,(H,26,27)/b25-13-. The minimum absolute atomic E-state index is 0.00943. The molecule has 1 amide bonds. The first-order chi connectivity index (χ1) is 15.2. The van der Waals surface area contributed by atoms with Crippen LogP contribution in [0.1, 0.15) is 21.5 Å². The predicted molar refractivity (Wildman–Crippen MR) is 124 cm³/mol. The van der Waals surface area contributed by atoms with Crippen molar-refractivity contribution in [3.63, 3.8) is 0 Å². The summed E-state index contributed by atoms with van der Waals surface area (Å²) in [6, 6.07) is 15.4. The quantitative estimate of drug-likeness (QED) is 0.289.